The van der Waals surface area contributed by atoms with Crippen molar-refractivity contribution in [1.82, 2.24) is 0 Å². The molecule has 1 aromatic heterocycles. The maximum atomic E-state index is 12.3. The van der Waals surface area contributed by atoms with Gasteiger partial charge in [-0.3, -0.25) is 4.79 Å². The summed E-state index contributed by atoms with van der Waals surface area (Å²) in [4.78, 5) is 12.3. The van der Waals surface area contributed by atoms with Crippen LogP contribution in [0.1, 0.15) is 15.9 Å². The number of rotatable bonds is 4. The van der Waals surface area contributed by atoms with Crippen LogP contribution in [-0.4, -0.2) is 18.0 Å². The van der Waals surface area contributed by atoms with Crippen LogP contribution in [0.4, 0.5) is 0 Å². The van der Waals surface area contributed by atoms with Gasteiger partial charge in [-0.15, -0.1) is 0 Å². The Hall–Kier alpha value is -3.01. The van der Waals surface area contributed by atoms with Gasteiger partial charge in [0.25, 0.3) is 0 Å². The number of phenolic OH excluding ortho intramolecular Hbond substituents is 1. The van der Waals surface area contributed by atoms with Crippen molar-refractivity contribution in [1.29, 1.82) is 0 Å². The molecule has 1 N–H and O–H groups in total. The summed E-state index contributed by atoms with van der Waals surface area (Å²) in [5.74, 6) is 0.138. The molecule has 0 unspecified atom stereocenters. The van der Waals surface area contributed by atoms with Crippen LogP contribution in [0.2, 0.25) is 0 Å². The molecule has 3 aromatic rings. The number of carbonyl (C=O) groups excluding carboxylic acids is 1. The lowest BCUT2D eigenvalue weighted by Gasteiger charge is -2.09. The fourth-order valence-electron chi connectivity index (χ4n) is 2.28. The molecule has 110 valence electrons. The molecule has 0 aliphatic carbocycles. The monoisotopic (exact) mass is 294 g/mol. The molecule has 0 saturated carbocycles. The Morgan fingerprint density at radius 3 is 2.64 bits per heavy atom. The number of ether oxygens (including phenoxy) is 1. The first-order chi connectivity index (χ1) is 10.7. The summed E-state index contributed by atoms with van der Waals surface area (Å²) in [6.07, 6.45) is 2.87. The highest BCUT2D eigenvalue weighted by Crippen LogP contribution is 2.34. The molecule has 2 aromatic carbocycles. The van der Waals surface area contributed by atoms with Crippen molar-refractivity contribution in [2.24, 2.45) is 0 Å². The second-order valence-electron chi connectivity index (χ2n) is 4.74. The smallest absolute Gasteiger partial charge is 0.189 e. The summed E-state index contributed by atoms with van der Waals surface area (Å²) in [5.41, 5.74) is 1.58. The number of methoxy groups -OCH3 is 1. The standard InChI is InChI=1S/C18H14O4/c1-21-17(11-15(19)12-5-3-2-4-6-12)13-7-8-16-14(18(13)20)9-10-22-16/h2-11,20H,1H3/b17-11-. The number of hydrogen-bond acceptors (Lipinski definition) is 4. The number of hydrogen-bond donors (Lipinski definition) is 1. The van der Waals surface area contributed by atoms with Crippen LogP contribution in [0.5, 0.6) is 5.75 Å². The van der Waals surface area contributed by atoms with Crippen molar-refractivity contribution >= 4 is 22.5 Å². The fourth-order valence-corrected chi connectivity index (χ4v) is 2.28. The van der Waals surface area contributed by atoms with Crippen LogP contribution in [0, 0.1) is 0 Å². The zero-order valence-electron chi connectivity index (χ0n) is 11.9. The van der Waals surface area contributed by atoms with Crippen LogP contribution in [0.25, 0.3) is 16.7 Å². The van der Waals surface area contributed by atoms with Gasteiger partial charge in [-0.25, -0.2) is 0 Å². The topological polar surface area (TPSA) is 59.7 Å². The van der Waals surface area contributed by atoms with Crippen molar-refractivity contribution < 1.29 is 19.1 Å². The molecule has 0 aliphatic heterocycles. The molecule has 0 atom stereocenters. The molecule has 0 amide bonds. The normalized spacial score (nSPS) is 11.6. The van der Waals surface area contributed by atoms with Crippen LogP contribution in [-0.2, 0) is 4.74 Å². The van der Waals surface area contributed by atoms with Crippen LogP contribution in [0.3, 0.4) is 0 Å². The molecule has 0 spiro atoms. The number of carbonyl (C=O) groups is 1. The van der Waals surface area contributed by atoms with E-state index in [4.69, 9.17) is 9.15 Å². The van der Waals surface area contributed by atoms with Crippen molar-refractivity contribution in [3.63, 3.8) is 0 Å². The van der Waals surface area contributed by atoms with E-state index in [9.17, 15) is 9.90 Å². The van der Waals surface area contributed by atoms with E-state index in [1.165, 1.54) is 19.4 Å². The molecule has 3 rings (SSSR count). The van der Waals surface area contributed by atoms with Gasteiger partial charge in [0, 0.05) is 11.6 Å². The third kappa shape index (κ3) is 2.46. The lowest BCUT2D eigenvalue weighted by Crippen LogP contribution is -1.98. The molecule has 22 heavy (non-hydrogen) atoms. The number of aromatic hydroxyl groups is 1. The third-order valence-electron chi connectivity index (χ3n) is 3.41. The Labute approximate surface area is 127 Å². The highest BCUT2D eigenvalue weighted by atomic mass is 16.5. The SMILES string of the molecule is CO/C(=C\C(=O)c1ccccc1)c1ccc2occc2c1O. The van der Waals surface area contributed by atoms with Crippen molar-refractivity contribution in [3.05, 3.63) is 72.0 Å². The van der Waals surface area contributed by atoms with E-state index in [-0.39, 0.29) is 11.5 Å². The Morgan fingerprint density at radius 2 is 1.91 bits per heavy atom. The van der Waals surface area contributed by atoms with Gasteiger partial charge >= 0.3 is 0 Å². The summed E-state index contributed by atoms with van der Waals surface area (Å²) >= 11 is 0. The van der Waals surface area contributed by atoms with Crippen LogP contribution in [0.15, 0.2) is 65.3 Å². The molecule has 4 nitrogen and oxygen atoms in total. The summed E-state index contributed by atoms with van der Waals surface area (Å²) in [6.45, 7) is 0. The summed E-state index contributed by atoms with van der Waals surface area (Å²) in [5, 5.41) is 10.9. The van der Waals surface area contributed by atoms with Gasteiger partial charge in [0.2, 0.25) is 0 Å². The molecule has 0 radical (unpaired) electrons. The van der Waals surface area contributed by atoms with E-state index in [0.717, 1.165) is 0 Å². The van der Waals surface area contributed by atoms with Gasteiger partial charge in [0.15, 0.2) is 5.78 Å². The maximum Gasteiger partial charge on any atom is 0.189 e. The van der Waals surface area contributed by atoms with E-state index >= 15 is 0 Å². The average Bonchev–Trinajstić information content (AvgIpc) is 3.03. The van der Waals surface area contributed by atoms with Crippen LogP contribution < -0.4 is 0 Å². The molecule has 1 heterocycles. The van der Waals surface area contributed by atoms with Crippen LogP contribution >= 0.6 is 0 Å². The summed E-state index contributed by atoms with van der Waals surface area (Å²) in [7, 11) is 1.46. The first kappa shape index (κ1) is 13.9. The Bertz CT molecular complexity index is 844. The van der Waals surface area contributed by atoms with E-state index in [2.05, 4.69) is 0 Å². The third-order valence-corrected chi connectivity index (χ3v) is 3.41. The molecular formula is C18H14O4. The van der Waals surface area contributed by atoms with Crippen molar-refractivity contribution in [2.45, 2.75) is 0 Å². The van der Waals surface area contributed by atoms with E-state index < -0.39 is 0 Å². The largest absolute Gasteiger partial charge is 0.506 e. The first-order valence-corrected chi connectivity index (χ1v) is 6.75. The van der Waals surface area contributed by atoms with Gasteiger partial charge in [0.05, 0.1) is 24.3 Å². The van der Waals surface area contributed by atoms with Gasteiger partial charge in [-0.2, -0.15) is 0 Å². The quantitative estimate of drug-likeness (QED) is 0.449. The van der Waals surface area contributed by atoms with Crippen molar-refractivity contribution in [3.8, 4) is 5.75 Å². The summed E-state index contributed by atoms with van der Waals surface area (Å²) < 4.78 is 10.5. The Balaban J connectivity index is 2.04. The highest BCUT2D eigenvalue weighted by molar-refractivity contribution is 6.08. The lowest BCUT2D eigenvalue weighted by atomic mass is 10.1. The molecule has 0 saturated heterocycles. The number of furan rings is 1. The number of allylic oxidation sites excluding steroid dienone is 1. The van der Waals surface area contributed by atoms with Gasteiger partial charge in [-0.05, 0) is 18.2 Å². The van der Waals surface area contributed by atoms with E-state index in [0.29, 0.717) is 27.9 Å². The van der Waals surface area contributed by atoms with Gasteiger partial charge in [0.1, 0.15) is 17.1 Å². The number of fused-ring (bicyclic) bond motifs is 1. The van der Waals surface area contributed by atoms with E-state index in [1.54, 1.807) is 42.5 Å². The zero-order valence-corrected chi connectivity index (χ0v) is 11.9. The lowest BCUT2D eigenvalue weighted by molar-refractivity contribution is 0.104. The molecule has 0 bridgehead atoms. The number of benzene rings is 2. The first-order valence-electron chi connectivity index (χ1n) is 6.75. The van der Waals surface area contributed by atoms with Gasteiger partial charge < -0.3 is 14.3 Å². The highest BCUT2D eigenvalue weighted by Gasteiger charge is 2.14. The molecule has 0 fully saturated rings. The Morgan fingerprint density at radius 1 is 1.14 bits per heavy atom. The number of phenols is 1. The van der Waals surface area contributed by atoms with Gasteiger partial charge in [-0.1, -0.05) is 30.3 Å². The Kier molecular flexibility index (Phi) is 3.66. The predicted molar refractivity (Wildman–Crippen MR) is 83.6 cm³/mol. The second-order valence-corrected chi connectivity index (χ2v) is 4.74. The average molecular weight is 294 g/mol. The van der Waals surface area contributed by atoms with Crippen molar-refractivity contribution in [2.75, 3.05) is 7.11 Å². The number of ketones is 1. The molecular weight excluding hydrogens is 280 g/mol. The van der Waals surface area contributed by atoms with E-state index in [1.807, 2.05) is 6.07 Å². The minimum absolute atomic E-state index is 0.0280. The molecule has 4 heteroatoms. The minimum atomic E-state index is -0.191. The maximum absolute atomic E-state index is 12.3. The minimum Gasteiger partial charge on any atom is -0.506 e. The predicted octanol–water partition coefficient (Wildman–Crippen LogP) is 4.01. The fraction of sp³-hybridized carbons (Fsp3) is 0.0556. The second kappa shape index (κ2) is 5.77. The zero-order chi connectivity index (χ0) is 15.5. The molecule has 0 aliphatic rings. The summed E-state index contributed by atoms with van der Waals surface area (Å²) in [6, 6.07) is 13.9.